The molecular weight excluding hydrogens is 236 g/mol. The van der Waals surface area contributed by atoms with Gasteiger partial charge in [-0.05, 0) is 19.8 Å². The van der Waals surface area contributed by atoms with E-state index in [1.54, 1.807) is 6.92 Å². The predicted octanol–water partition coefficient (Wildman–Crippen LogP) is 0.237. The maximum absolute atomic E-state index is 12.0. The van der Waals surface area contributed by atoms with Crippen LogP contribution in [0, 0.1) is 6.92 Å². The number of hydrogen-bond donors (Lipinski definition) is 1. The SMILES string of the molecule is Cc1cc(=O)n(C(=O)CN(CCO)C2CCC2)o1. The molecule has 0 radical (unpaired) electrons. The maximum atomic E-state index is 12.0. The lowest BCUT2D eigenvalue weighted by Gasteiger charge is -2.36. The minimum Gasteiger partial charge on any atom is -0.395 e. The Labute approximate surface area is 105 Å². The summed E-state index contributed by atoms with van der Waals surface area (Å²) in [6, 6.07) is 1.63. The molecule has 0 atom stereocenters. The van der Waals surface area contributed by atoms with Crippen molar-refractivity contribution in [2.24, 2.45) is 0 Å². The number of aryl methyl sites for hydroxylation is 1. The zero-order valence-electron chi connectivity index (χ0n) is 10.5. The predicted molar refractivity (Wildman–Crippen MR) is 64.6 cm³/mol. The van der Waals surface area contributed by atoms with Crippen LogP contribution in [0.1, 0.15) is 29.8 Å². The van der Waals surface area contributed by atoms with Crippen LogP contribution < -0.4 is 5.56 Å². The molecule has 2 rings (SSSR count). The monoisotopic (exact) mass is 254 g/mol. The summed E-state index contributed by atoms with van der Waals surface area (Å²) in [5.41, 5.74) is -0.435. The minimum absolute atomic E-state index is 0.00978. The van der Waals surface area contributed by atoms with E-state index in [-0.39, 0.29) is 19.1 Å². The molecule has 0 aromatic carbocycles. The highest BCUT2D eigenvalue weighted by Crippen LogP contribution is 2.24. The number of carbonyl (C=O) groups is 1. The molecule has 1 aromatic rings. The fourth-order valence-corrected chi connectivity index (χ4v) is 2.13. The van der Waals surface area contributed by atoms with Gasteiger partial charge in [-0.1, -0.05) is 6.42 Å². The molecule has 0 aliphatic heterocycles. The second kappa shape index (κ2) is 5.49. The Morgan fingerprint density at radius 3 is 2.78 bits per heavy atom. The number of hydrogen-bond acceptors (Lipinski definition) is 5. The van der Waals surface area contributed by atoms with Gasteiger partial charge in [0.05, 0.1) is 13.2 Å². The first-order valence-corrected chi connectivity index (χ1v) is 6.20. The zero-order chi connectivity index (χ0) is 13.1. The molecule has 1 N–H and O–H groups in total. The van der Waals surface area contributed by atoms with Crippen molar-refractivity contribution in [2.75, 3.05) is 19.7 Å². The molecule has 0 spiro atoms. The summed E-state index contributed by atoms with van der Waals surface area (Å²) in [5, 5.41) is 9.00. The third-order valence-electron chi connectivity index (χ3n) is 3.31. The molecule has 18 heavy (non-hydrogen) atoms. The van der Waals surface area contributed by atoms with Crippen LogP contribution >= 0.6 is 0 Å². The van der Waals surface area contributed by atoms with Crippen molar-refractivity contribution >= 4 is 5.91 Å². The molecule has 6 nitrogen and oxygen atoms in total. The Bertz CT molecular complexity index is 473. The lowest BCUT2D eigenvalue weighted by Crippen LogP contribution is -2.46. The van der Waals surface area contributed by atoms with Gasteiger partial charge < -0.3 is 9.63 Å². The first kappa shape index (κ1) is 13.0. The minimum atomic E-state index is -0.435. The number of aliphatic hydroxyl groups is 1. The van der Waals surface area contributed by atoms with Crippen molar-refractivity contribution in [3.05, 3.63) is 22.2 Å². The van der Waals surface area contributed by atoms with E-state index in [4.69, 9.17) is 9.63 Å². The van der Waals surface area contributed by atoms with Crippen molar-refractivity contribution in [1.29, 1.82) is 0 Å². The molecular formula is C12H18N2O4. The molecule has 1 aliphatic rings. The second-order valence-corrected chi connectivity index (χ2v) is 4.65. The largest absolute Gasteiger partial charge is 0.395 e. The highest BCUT2D eigenvalue weighted by molar-refractivity contribution is 5.79. The van der Waals surface area contributed by atoms with Crippen molar-refractivity contribution in [2.45, 2.75) is 32.2 Å². The zero-order valence-corrected chi connectivity index (χ0v) is 10.5. The van der Waals surface area contributed by atoms with E-state index < -0.39 is 5.56 Å². The molecule has 1 saturated carbocycles. The van der Waals surface area contributed by atoms with E-state index in [2.05, 4.69) is 0 Å². The molecule has 6 heteroatoms. The summed E-state index contributed by atoms with van der Waals surface area (Å²) in [7, 11) is 0. The average molecular weight is 254 g/mol. The molecule has 100 valence electrons. The topological polar surface area (TPSA) is 75.7 Å². The van der Waals surface area contributed by atoms with E-state index in [1.165, 1.54) is 6.07 Å². The number of rotatable bonds is 5. The lowest BCUT2D eigenvalue weighted by atomic mass is 9.91. The van der Waals surface area contributed by atoms with Gasteiger partial charge in [0.15, 0.2) is 0 Å². The van der Waals surface area contributed by atoms with Crippen LogP contribution in [0.15, 0.2) is 15.4 Å². The Morgan fingerprint density at radius 1 is 1.61 bits per heavy atom. The van der Waals surface area contributed by atoms with Crippen molar-refractivity contribution < 1.29 is 14.4 Å². The van der Waals surface area contributed by atoms with Crippen molar-refractivity contribution in [3.63, 3.8) is 0 Å². The fourth-order valence-electron chi connectivity index (χ4n) is 2.13. The van der Waals surface area contributed by atoms with Crippen LogP contribution in [-0.4, -0.2) is 46.4 Å². The first-order chi connectivity index (χ1) is 8.61. The summed E-state index contributed by atoms with van der Waals surface area (Å²) in [4.78, 5) is 25.3. The number of nitrogens with zero attached hydrogens (tertiary/aromatic N) is 2. The summed E-state index contributed by atoms with van der Waals surface area (Å²) in [5.74, 6) is 0.0409. The van der Waals surface area contributed by atoms with Crippen molar-refractivity contribution in [3.8, 4) is 0 Å². The number of aliphatic hydroxyl groups excluding tert-OH is 1. The van der Waals surface area contributed by atoms with E-state index in [0.29, 0.717) is 18.3 Å². The van der Waals surface area contributed by atoms with Crippen LogP contribution in [0.2, 0.25) is 0 Å². The van der Waals surface area contributed by atoms with Gasteiger partial charge in [0.25, 0.3) is 11.5 Å². The highest BCUT2D eigenvalue weighted by Gasteiger charge is 2.27. The Kier molecular flexibility index (Phi) is 3.98. The van der Waals surface area contributed by atoms with Gasteiger partial charge in [-0.15, -0.1) is 4.74 Å². The highest BCUT2D eigenvalue weighted by atomic mass is 16.5. The van der Waals surface area contributed by atoms with Gasteiger partial charge in [0, 0.05) is 18.7 Å². The molecule has 1 aliphatic carbocycles. The van der Waals surface area contributed by atoms with E-state index in [0.717, 1.165) is 24.0 Å². The second-order valence-electron chi connectivity index (χ2n) is 4.65. The van der Waals surface area contributed by atoms with Crippen LogP contribution in [-0.2, 0) is 0 Å². The van der Waals surface area contributed by atoms with E-state index in [1.807, 2.05) is 4.90 Å². The molecule has 1 aromatic heterocycles. The third kappa shape index (κ3) is 2.70. The molecule has 0 bridgehead atoms. The number of carbonyl (C=O) groups excluding carboxylic acids is 1. The van der Waals surface area contributed by atoms with Crippen LogP contribution in [0.5, 0.6) is 0 Å². The van der Waals surface area contributed by atoms with Crippen LogP contribution in [0.4, 0.5) is 0 Å². The standard InChI is InChI=1S/C12H18N2O4/c1-9-7-11(16)14(18-9)12(17)8-13(5-6-15)10-3-2-4-10/h7,10,15H,2-6,8H2,1H3. The van der Waals surface area contributed by atoms with Crippen LogP contribution in [0.25, 0.3) is 0 Å². The number of aromatic nitrogens is 1. The normalized spacial score (nSPS) is 15.9. The van der Waals surface area contributed by atoms with Gasteiger partial charge in [0.2, 0.25) is 0 Å². The lowest BCUT2D eigenvalue weighted by molar-refractivity contribution is 0.0568. The average Bonchev–Trinajstić information content (AvgIpc) is 2.55. The molecule has 1 fully saturated rings. The summed E-state index contributed by atoms with van der Waals surface area (Å²) in [6.45, 7) is 2.20. The molecule has 0 unspecified atom stereocenters. The Balaban J connectivity index is 2.04. The van der Waals surface area contributed by atoms with Gasteiger partial charge in [0.1, 0.15) is 5.76 Å². The fraction of sp³-hybridized carbons (Fsp3) is 0.667. The van der Waals surface area contributed by atoms with E-state index >= 15 is 0 Å². The molecule has 1 heterocycles. The molecule has 0 saturated heterocycles. The molecule has 0 amide bonds. The summed E-state index contributed by atoms with van der Waals surface area (Å²) in [6.07, 6.45) is 3.24. The van der Waals surface area contributed by atoms with Gasteiger partial charge >= 0.3 is 0 Å². The Morgan fingerprint density at radius 2 is 2.33 bits per heavy atom. The van der Waals surface area contributed by atoms with Gasteiger partial charge in [-0.2, -0.15) is 0 Å². The van der Waals surface area contributed by atoms with E-state index in [9.17, 15) is 9.59 Å². The van der Waals surface area contributed by atoms with Gasteiger partial charge in [-0.3, -0.25) is 14.5 Å². The maximum Gasteiger partial charge on any atom is 0.290 e. The smallest absolute Gasteiger partial charge is 0.290 e. The van der Waals surface area contributed by atoms with Gasteiger partial charge in [-0.25, -0.2) is 0 Å². The first-order valence-electron chi connectivity index (χ1n) is 6.20. The quantitative estimate of drug-likeness (QED) is 0.814. The summed E-state index contributed by atoms with van der Waals surface area (Å²) >= 11 is 0. The van der Waals surface area contributed by atoms with Crippen LogP contribution in [0.3, 0.4) is 0 Å². The third-order valence-corrected chi connectivity index (χ3v) is 3.31. The van der Waals surface area contributed by atoms with Crippen molar-refractivity contribution in [1.82, 2.24) is 9.64 Å². The summed E-state index contributed by atoms with van der Waals surface area (Å²) < 4.78 is 5.84. The Hall–Kier alpha value is -1.40.